The number of benzene rings is 1. The van der Waals surface area contributed by atoms with Crippen LogP contribution >= 0.6 is 0 Å². The summed E-state index contributed by atoms with van der Waals surface area (Å²) in [6.45, 7) is 0.631. The summed E-state index contributed by atoms with van der Waals surface area (Å²) in [5.41, 5.74) is -0.451. The van der Waals surface area contributed by atoms with Gasteiger partial charge in [-0.25, -0.2) is 18.2 Å². The SMILES string of the molecule is O=C1CCc2c(OCC3(O)CCN(c4ncc(F)cc4F)CC3)ccc(F)c2N1. The molecule has 1 saturated heterocycles. The number of nitrogens with one attached hydrogen (secondary N) is 1. The molecule has 9 heteroatoms. The van der Waals surface area contributed by atoms with Crippen molar-refractivity contribution < 1.29 is 27.8 Å². The second-order valence-electron chi connectivity index (χ2n) is 7.41. The molecule has 0 aliphatic carbocycles. The summed E-state index contributed by atoms with van der Waals surface area (Å²) < 4.78 is 46.7. The molecule has 2 aliphatic heterocycles. The number of carbonyl (C=O) groups excluding carboxylic acids is 1. The highest BCUT2D eigenvalue weighted by Crippen LogP contribution is 2.35. The molecule has 3 heterocycles. The highest BCUT2D eigenvalue weighted by molar-refractivity contribution is 5.94. The number of aliphatic hydroxyl groups is 1. The van der Waals surface area contributed by atoms with Crippen molar-refractivity contribution in [2.75, 3.05) is 29.9 Å². The molecule has 0 atom stereocenters. The van der Waals surface area contributed by atoms with Crippen LogP contribution in [0.2, 0.25) is 0 Å². The lowest BCUT2D eigenvalue weighted by Crippen LogP contribution is -2.48. The first kappa shape index (κ1) is 19.5. The van der Waals surface area contributed by atoms with Crippen LogP contribution in [0.1, 0.15) is 24.8 Å². The van der Waals surface area contributed by atoms with E-state index in [-0.39, 0.29) is 30.4 Å². The van der Waals surface area contributed by atoms with Crippen molar-refractivity contribution in [1.82, 2.24) is 4.98 Å². The number of anilines is 2. The summed E-state index contributed by atoms with van der Waals surface area (Å²) in [7, 11) is 0. The highest BCUT2D eigenvalue weighted by atomic mass is 19.1. The molecule has 0 unspecified atom stereocenters. The molecule has 0 radical (unpaired) electrons. The topological polar surface area (TPSA) is 74.7 Å². The van der Waals surface area contributed by atoms with Crippen LogP contribution in [0, 0.1) is 17.5 Å². The Bertz CT molecular complexity index is 946. The van der Waals surface area contributed by atoms with Gasteiger partial charge < -0.3 is 20.1 Å². The number of pyridine rings is 1. The number of hydrogen-bond acceptors (Lipinski definition) is 5. The zero-order chi connectivity index (χ0) is 20.6. The van der Waals surface area contributed by atoms with Gasteiger partial charge in [0.05, 0.1) is 11.9 Å². The Balaban J connectivity index is 1.41. The standard InChI is InChI=1S/C20H20F3N3O3/c21-12-9-15(23)19(24-10-12)26-7-5-20(28,6-8-26)11-29-16-3-2-14(22)18-13(16)1-4-17(27)25-18/h2-3,9-10,28H,1,4-8,11H2,(H,25,27). The van der Waals surface area contributed by atoms with E-state index in [1.807, 2.05) is 0 Å². The first-order valence-corrected chi connectivity index (χ1v) is 9.37. The molecule has 2 N–H and O–H groups in total. The summed E-state index contributed by atoms with van der Waals surface area (Å²) >= 11 is 0. The van der Waals surface area contributed by atoms with Crippen LogP contribution in [0.25, 0.3) is 0 Å². The quantitative estimate of drug-likeness (QED) is 0.815. The molecule has 0 saturated carbocycles. The summed E-state index contributed by atoms with van der Waals surface area (Å²) in [5, 5.41) is 13.4. The van der Waals surface area contributed by atoms with E-state index in [0.717, 1.165) is 12.3 Å². The smallest absolute Gasteiger partial charge is 0.224 e. The Morgan fingerprint density at radius 2 is 1.93 bits per heavy atom. The molecule has 0 bridgehead atoms. The first-order chi connectivity index (χ1) is 13.8. The Labute approximate surface area is 165 Å². The summed E-state index contributed by atoms with van der Waals surface area (Å²) in [6.07, 6.45) is 2.15. The zero-order valence-corrected chi connectivity index (χ0v) is 15.6. The number of piperidine rings is 1. The molecule has 6 nitrogen and oxygen atoms in total. The molecule has 1 amide bonds. The first-order valence-electron chi connectivity index (χ1n) is 9.37. The van der Waals surface area contributed by atoms with E-state index in [1.54, 1.807) is 4.90 Å². The van der Waals surface area contributed by atoms with E-state index >= 15 is 0 Å². The molecular weight excluding hydrogens is 387 g/mol. The average Bonchev–Trinajstić information content (AvgIpc) is 2.69. The van der Waals surface area contributed by atoms with Crippen LogP contribution in [0.4, 0.5) is 24.7 Å². The van der Waals surface area contributed by atoms with Gasteiger partial charge in [-0.3, -0.25) is 4.79 Å². The van der Waals surface area contributed by atoms with E-state index < -0.39 is 23.1 Å². The van der Waals surface area contributed by atoms with Crippen molar-refractivity contribution >= 4 is 17.4 Å². The van der Waals surface area contributed by atoms with Crippen LogP contribution in [0.3, 0.4) is 0 Å². The van der Waals surface area contributed by atoms with Gasteiger partial charge >= 0.3 is 0 Å². The molecule has 29 heavy (non-hydrogen) atoms. The summed E-state index contributed by atoms with van der Waals surface area (Å²) in [6, 6.07) is 3.49. The fourth-order valence-electron chi connectivity index (χ4n) is 3.69. The molecule has 2 aliphatic rings. The van der Waals surface area contributed by atoms with Gasteiger partial charge in [0.15, 0.2) is 11.6 Å². The van der Waals surface area contributed by atoms with Crippen LogP contribution in [0.5, 0.6) is 5.75 Å². The third-order valence-corrected chi connectivity index (χ3v) is 5.36. The Hall–Kier alpha value is -2.81. The number of ether oxygens (including phenoxy) is 1. The van der Waals surface area contributed by atoms with Crippen molar-refractivity contribution in [1.29, 1.82) is 0 Å². The van der Waals surface area contributed by atoms with E-state index in [2.05, 4.69) is 10.3 Å². The van der Waals surface area contributed by atoms with E-state index in [9.17, 15) is 23.1 Å². The maximum atomic E-state index is 14.0. The minimum atomic E-state index is -1.15. The van der Waals surface area contributed by atoms with Crippen molar-refractivity contribution in [2.45, 2.75) is 31.3 Å². The van der Waals surface area contributed by atoms with Gasteiger partial charge in [0.25, 0.3) is 0 Å². The predicted molar refractivity (Wildman–Crippen MR) is 99.4 cm³/mol. The number of aromatic nitrogens is 1. The highest BCUT2D eigenvalue weighted by Gasteiger charge is 2.35. The van der Waals surface area contributed by atoms with Crippen molar-refractivity contribution in [2.24, 2.45) is 0 Å². The number of carbonyl (C=O) groups is 1. The van der Waals surface area contributed by atoms with Gasteiger partial charge in [0.2, 0.25) is 5.91 Å². The number of halogens is 3. The zero-order valence-electron chi connectivity index (χ0n) is 15.6. The number of hydrogen-bond donors (Lipinski definition) is 2. The van der Waals surface area contributed by atoms with Gasteiger partial charge in [-0.1, -0.05) is 0 Å². The number of nitrogens with zero attached hydrogens (tertiary/aromatic N) is 2. The van der Waals surface area contributed by atoms with Crippen LogP contribution < -0.4 is 15.0 Å². The van der Waals surface area contributed by atoms with Crippen molar-refractivity contribution in [3.63, 3.8) is 0 Å². The fourth-order valence-corrected chi connectivity index (χ4v) is 3.69. The van der Waals surface area contributed by atoms with Gasteiger partial charge in [0.1, 0.15) is 29.6 Å². The molecule has 1 fully saturated rings. The van der Waals surface area contributed by atoms with Crippen LogP contribution in [0.15, 0.2) is 24.4 Å². The second kappa shape index (κ2) is 7.55. The van der Waals surface area contributed by atoms with E-state index in [0.29, 0.717) is 43.7 Å². The molecular formula is C20H20F3N3O3. The van der Waals surface area contributed by atoms with E-state index in [1.165, 1.54) is 12.1 Å². The molecule has 1 aromatic heterocycles. The number of amides is 1. The Morgan fingerprint density at radius 3 is 2.66 bits per heavy atom. The second-order valence-corrected chi connectivity index (χ2v) is 7.41. The number of fused-ring (bicyclic) bond motifs is 1. The lowest BCUT2D eigenvalue weighted by Gasteiger charge is -2.38. The molecule has 4 rings (SSSR count). The summed E-state index contributed by atoms with van der Waals surface area (Å²) in [5.74, 6) is -1.79. The normalized spacial score (nSPS) is 18.2. The average molecular weight is 407 g/mol. The fraction of sp³-hybridized carbons (Fsp3) is 0.400. The Morgan fingerprint density at radius 1 is 1.17 bits per heavy atom. The maximum absolute atomic E-state index is 14.0. The molecule has 2 aromatic rings. The van der Waals surface area contributed by atoms with Gasteiger partial charge in [0, 0.05) is 31.1 Å². The van der Waals surface area contributed by atoms with Crippen LogP contribution in [-0.4, -0.2) is 41.3 Å². The molecule has 1 aromatic carbocycles. The maximum Gasteiger partial charge on any atom is 0.224 e. The van der Waals surface area contributed by atoms with Crippen molar-refractivity contribution in [3.05, 3.63) is 47.4 Å². The van der Waals surface area contributed by atoms with Crippen LogP contribution in [-0.2, 0) is 11.2 Å². The third kappa shape index (κ3) is 4.00. The van der Waals surface area contributed by atoms with Gasteiger partial charge in [-0.15, -0.1) is 0 Å². The Kier molecular flexibility index (Phi) is 5.08. The minimum Gasteiger partial charge on any atom is -0.490 e. The largest absolute Gasteiger partial charge is 0.490 e. The van der Waals surface area contributed by atoms with E-state index in [4.69, 9.17) is 4.74 Å². The third-order valence-electron chi connectivity index (χ3n) is 5.36. The molecule has 0 spiro atoms. The predicted octanol–water partition coefficient (Wildman–Crippen LogP) is 2.79. The van der Waals surface area contributed by atoms with Crippen molar-refractivity contribution in [3.8, 4) is 5.75 Å². The molecule has 154 valence electrons. The summed E-state index contributed by atoms with van der Waals surface area (Å²) in [4.78, 5) is 17.0. The monoisotopic (exact) mass is 407 g/mol. The number of rotatable bonds is 4. The minimum absolute atomic E-state index is 0.0216. The lowest BCUT2D eigenvalue weighted by molar-refractivity contribution is -0.116. The van der Waals surface area contributed by atoms with Gasteiger partial charge in [-0.05, 0) is 31.4 Å². The van der Waals surface area contributed by atoms with Gasteiger partial charge in [-0.2, -0.15) is 0 Å². The lowest BCUT2D eigenvalue weighted by atomic mass is 9.92.